The van der Waals surface area contributed by atoms with Crippen molar-refractivity contribution >= 4 is 0 Å². The number of alkyl halides is 3. The highest BCUT2D eigenvalue weighted by Crippen LogP contribution is 2.51. The molecule has 0 aromatic carbocycles. The Kier molecular flexibility index (Phi) is 3.67. The van der Waals surface area contributed by atoms with E-state index in [1.165, 1.54) is 0 Å². The van der Waals surface area contributed by atoms with Crippen molar-refractivity contribution in [2.24, 2.45) is 11.3 Å². The van der Waals surface area contributed by atoms with Gasteiger partial charge in [0, 0.05) is 30.0 Å². The molecule has 0 aromatic rings. The molecule has 4 unspecified atom stereocenters. The Morgan fingerprint density at radius 2 is 2.06 bits per heavy atom. The molecule has 1 heterocycles. The lowest BCUT2D eigenvalue weighted by Gasteiger charge is -2.60. The molecule has 1 saturated heterocycles. The van der Waals surface area contributed by atoms with E-state index in [2.05, 4.69) is 19.2 Å². The summed E-state index contributed by atoms with van der Waals surface area (Å²) in [5, 5.41) is 3.16. The fourth-order valence-electron chi connectivity index (χ4n) is 3.57. The molecule has 0 bridgehead atoms. The maximum absolute atomic E-state index is 12.3. The van der Waals surface area contributed by atoms with Crippen molar-refractivity contribution in [3.63, 3.8) is 0 Å². The van der Waals surface area contributed by atoms with Crippen LogP contribution in [0.2, 0.25) is 0 Å². The first kappa shape index (κ1) is 14.1. The van der Waals surface area contributed by atoms with Crippen LogP contribution in [-0.2, 0) is 4.74 Å². The molecule has 0 amide bonds. The summed E-state index contributed by atoms with van der Waals surface area (Å²) in [6.07, 6.45) is -2.57. The molecular weight excluding hydrogens is 243 g/mol. The molecule has 2 fully saturated rings. The molecule has 5 heteroatoms. The third-order valence-corrected chi connectivity index (χ3v) is 4.33. The third kappa shape index (κ3) is 2.67. The Labute approximate surface area is 106 Å². The van der Waals surface area contributed by atoms with Crippen molar-refractivity contribution in [2.45, 2.75) is 64.4 Å². The van der Waals surface area contributed by atoms with Gasteiger partial charge in [0.05, 0.1) is 12.5 Å². The molecule has 1 N–H and O–H groups in total. The molecule has 0 radical (unpaired) electrons. The zero-order valence-corrected chi connectivity index (χ0v) is 11.2. The molecular formula is C13H22F3NO. The fraction of sp³-hybridized carbons (Fsp3) is 1.00. The highest BCUT2D eigenvalue weighted by atomic mass is 19.4. The minimum absolute atomic E-state index is 0.0645. The standard InChI is InChI=1S/C13H22F3NO/c1-8(7-13(14,15)16)17-10-9-5-4-6-18-11(9)12(10,2)3/h8-11,17H,4-7H2,1-3H3. The summed E-state index contributed by atoms with van der Waals surface area (Å²) in [4.78, 5) is 0. The monoisotopic (exact) mass is 265 g/mol. The predicted molar refractivity (Wildman–Crippen MR) is 63.3 cm³/mol. The van der Waals surface area contributed by atoms with Crippen molar-refractivity contribution < 1.29 is 17.9 Å². The van der Waals surface area contributed by atoms with Gasteiger partial charge in [-0.3, -0.25) is 0 Å². The zero-order valence-electron chi connectivity index (χ0n) is 11.2. The highest BCUT2D eigenvalue weighted by Gasteiger charge is 2.58. The Balaban J connectivity index is 1.92. The number of ether oxygens (including phenoxy) is 1. The number of hydrogen-bond donors (Lipinski definition) is 1. The SMILES string of the molecule is CC(CC(F)(F)F)NC1C2CCCOC2C1(C)C. The lowest BCUT2D eigenvalue weighted by atomic mass is 9.55. The summed E-state index contributed by atoms with van der Waals surface area (Å²) in [6.45, 7) is 6.56. The van der Waals surface area contributed by atoms with Crippen LogP contribution in [0.15, 0.2) is 0 Å². The van der Waals surface area contributed by atoms with E-state index in [9.17, 15) is 13.2 Å². The zero-order chi connectivity index (χ0) is 13.6. The van der Waals surface area contributed by atoms with Gasteiger partial charge in [0.1, 0.15) is 0 Å². The number of halogens is 3. The summed E-state index contributed by atoms with van der Waals surface area (Å²) in [5.74, 6) is 0.379. The maximum Gasteiger partial charge on any atom is 0.390 e. The third-order valence-electron chi connectivity index (χ3n) is 4.33. The summed E-state index contributed by atoms with van der Waals surface area (Å²) < 4.78 is 42.8. The molecule has 0 aromatic heterocycles. The molecule has 1 aliphatic heterocycles. The minimum atomic E-state index is -4.09. The Hall–Kier alpha value is -0.290. The van der Waals surface area contributed by atoms with Crippen LogP contribution in [0, 0.1) is 11.3 Å². The van der Waals surface area contributed by atoms with Crippen molar-refractivity contribution in [3.8, 4) is 0 Å². The van der Waals surface area contributed by atoms with Crippen molar-refractivity contribution in [2.75, 3.05) is 6.61 Å². The van der Waals surface area contributed by atoms with Gasteiger partial charge in [0.15, 0.2) is 0 Å². The van der Waals surface area contributed by atoms with Crippen molar-refractivity contribution in [1.29, 1.82) is 0 Å². The number of nitrogens with one attached hydrogen (secondary N) is 1. The summed E-state index contributed by atoms with van der Waals surface area (Å²) >= 11 is 0. The minimum Gasteiger partial charge on any atom is -0.377 e. The van der Waals surface area contributed by atoms with Gasteiger partial charge in [-0.2, -0.15) is 13.2 Å². The van der Waals surface area contributed by atoms with Gasteiger partial charge >= 0.3 is 6.18 Å². The van der Waals surface area contributed by atoms with E-state index in [1.54, 1.807) is 6.92 Å². The van der Waals surface area contributed by atoms with Gasteiger partial charge in [-0.15, -0.1) is 0 Å². The van der Waals surface area contributed by atoms with E-state index in [1.807, 2.05) is 0 Å². The summed E-state index contributed by atoms with van der Waals surface area (Å²) in [7, 11) is 0. The molecule has 2 aliphatic rings. The first-order valence-electron chi connectivity index (χ1n) is 6.66. The van der Waals surface area contributed by atoms with Crippen LogP contribution in [-0.4, -0.2) is 31.0 Å². The van der Waals surface area contributed by atoms with Gasteiger partial charge in [-0.05, 0) is 19.8 Å². The Morgan fingerprint density at radius 1 is 1.39 bits per heavy atom. The van der Waals surface area contributed by atoms with Crippen LogP contribution in [0.5, 0.6) is 0 Å². The average molecular weight is 265 g/mol. The van der Waals surface area contributed by atoms with E-state index < -0.39 is 18.6 Å². The summed E-state index contributed by atoms with van der Waals surface area (Å²) in [5.41, 5.74) is -0.0645. The first-order valence-corrected chi connectivity index (χ1v) is 6.66. The van der Waals surface area contributed by atoms with Crippen molar-refractivity contribution in [3.05, 3.63) is 0 Å². The second kappa shape index (κ2) is 4.67. The van der Waals surface area contributed by atoms with Crippen LogP contribution >= 0.6 is 0 Å². The van der Waals surface area contributed by atoms with Crippen LogP contribution < -0.4 is 5.32 Å². The highest BCUT2D eigenvalue weighted by molar-refractivity contribution is 5.10. The second-order valence-corrected chi connectivity index (χ2v) is 6.28. The molecule has 1 aliphatic carbocycles. The second-order valence-electron chi connectivity index (χ2n) is 6.28. The number of fused-ring (bicyclic) bond motifs is 1. The van der Waals surface area contributed by atoms with Gasteiger partial charge in [-0.1, -0.05) is 13.8 Å². The molecule has 4 atom stereocenters. The topological polar surface area (TPSA) is 21.3 Å². The predicted octanol–water partition coefficient (Wildman–Crippen LogP) is 3.12. The molecule has 18 heavy (non-hydrogen) atoms. The quantitative estimate of drug-likeness (QED) is 0.846. The van der Waals surface area contributed by atoms with E-state index in [0.29, 0.717) is 5.92 Å². The van der Waals surface area contributed by atoms with Crippen LogP contribution in [0.3, 0.4) is 0 Å². The molecule has 0 spiro atoms. The normalized spacial score (nSPS) is 36.7. The van der Waals surface area contributed by atoms with Crippen LogP contribution in [0.25, 0.3) is 0 Å². The summed E-state index contributed by atoms with van der Waals surface area (Å²) in [6, 6.07) is -0.391. The number of rotatable bonds is 3. The average Bonchev–Trinajstić information content (AvgIpc) is 2.24. The molecule has 1 saturated carbocycles. The van der Waals surface area contributed by atoms with E-state index >= 15 is 0 Å². The lowest BCUT2D eigenvalue weighted by molar-refractivity contribution is -0.197. The van der Waals surface area contributed by atoms with E-state index in [0.717, 1.165) is 19.4 Å². The lowest BCUT2D eigenvalue weighted by Crippen LogP contribution is -2.70. The van der Waals surface area contributed by atoms with Crippen molar-refractivity contribution in [1.82, 2.24) is 5.32 Å². The van der Waals surface area contributed by atoms with E-state index in [-0.39, 0.29) is 17.6 Å². The largest absolute Gasteiger partial charge is 0.390 e. The maximum atomic E-state index is 12.3. The molecule has 2 rings (SSSR count). The Morgan fingerprint density at radius 3 is 2.67 bits per heavy atom. The fourth-order valence-corrected chi connectivity index (χ4v) is 3.57. The molecule has 2 nitrogen and oxygen atoms in total. The van der Waals surface area contributed by atoms with Gasteiger partial charge in [-0.25, -0.2) is 0 Å². The van der Waals surface area contributed by atoms with Gasteiger partial charge in [0.2, 0.25) is 0 Å². The number of hydrogen-bond acceptors (Lipinski definition) is 2. The van der Waals surface area contributed by atoms with Gasteiger partial charge < -0.3 is 10.1 Å². The van der Waals surface area contributed by atoms with Crippen LogP contribution in [0.1, 0.15) is 40.0 Å². The van der Waals surface area contributed by atoms with Crippen LogP contribution in [0.4, 0.5) is 13.2 Å². The Bertz CT molecular complexity index is 303. The molecule has 106 valence electrons. The van der Waals surface area contributed by atoms with Gasteiger partial charge in [0.25, 0.3) is 0 Å². The van der Waals surface area contributed by atoms with E-state index in [4.69, 9.17) is 4.74 Å². The first-order chi connectivity index (χ1) is 8.22. The smallest absolute Gasteiger partial charge is 0.377 e.